The Balaban J connectivity index is 1.82. The Morgan fingerprint density at radius 3 is 2.86 bits per heavy atom. The van der Waals surface area contributed by atoms with Crippen LogP contribution in [0.3, 0.4) is 0 Å². The second-order valence-corrected chi connectivity index (χ2v) is 7.51. The number of hydrogen-bond donors (Lipinski definition) is 1. The molecule has 0 aliphatic carbocycles. The van der Waals surface area contributed by atoms with Gasteiger partial charge >= 0.3 is 0 Å². The number of benzene rings is 2. The highest BCUT2D eigenvalue weighted by Gasteiger charge is 2.21. The zero-order chi connectivity index (χ0) is 20.3. The second kappa shape index (κ2) is 8.89. The van der Waals surface area contributed by atoms with E-state index in [0.29, 0.717) is 33.5 Å². The van der Waals surface area contributed by atoms with E-state index in [0.717, 1.165) is 29.9 Å². The molecule has 148 valence electrons. The van der Waals surface area contributed by atoms with Gasteiger partial charge in [0.25, 0.3) is 0 Å². The van der Waals surface area contributed by atoms with Gasteiger partial charge in [-0.05, 0) is 48.8 Å². The van der Waals surface area contributed by atoms with E-state index in [4.69, 9.17) is 32.7 Å². The Hall–Kier alpha value is -2.17. The van der Waals surface area contributed by atoms with Gasteiger partial charge in [-0.2, -0.15) is 0 Å². The molecule has 2 aromatic rings. The van der Waals surface area contributed by atoms with Crippen molar-refractivity contribution in [1.29, 1.82) is 0 Å². The average Bonchev–Trinajstić information content (AvgIpc) is 2.66. The molecule has 28 heavy (non-hydrogen) atoms. The van der Waals surface area contributed by atoms with Gasteiger partial charge in [-0.3, -0.25) is 0 Å². The first-order valence-corrected chi connectivity index (χ1v) is 9.73. The molecule has 0 saturated carbocycles. The summed E-state index contributed by atoms with van der Waals surface area (Å²) in [6.07, 6.45) is 3.36. The molecule has 3 nitrogen and oxygen atoms in total. The lowest BCUT2D eigenvalue weighted by Crippen LogP contribution is -2.30. The van der Waals surface area contributed by atoms with Crippen LogP contribution >= 0.6 is 23.2 Å². The van der Waals surface area contributed by atoms with Gasteiger partial charge in [0, 0.05) is 18.1 Å². The van der Waals surface area contributed by atoms with Crippen LogP contribution in [0.2, 0.25) is 10.0 Å². The van der Waals surface area contributed by atoms with Crippen LogP contribution < -0.4 is 10.1 Å². The Morgan fingerprint density at radius 2 is 2.14 bits per heavy atom. The maximum absolute atomic E-state index is 14.2. The highest BCUT2D eigenvalue weighted by Crippen LogP contribution is 2.37. The minimum Gasteiger partial charge on any atom is -0.502 e. The van der Waals surface area contributed by atoms with Gasteiger partial charge in [0.05, 0.1) is 35.1 Å². The van der Waals surface area contributed by atoms with Crippen molar-refractivity contribution in [3.63, 3.8) is 0 Å². The number of ether oxygens (including phenoxy) is 2. The molecule has 0 fully saturated rings. The number of rotatable bonds is 6. The Morgan fingerprint density at radius 1 is 1.36 bits per heavy atom. The molecular formula is C22H22Cl2FNO2. The summed E-state index contributed by atoms with van der Waals surface area (Å²) in [5.41, 5.74) is 2.68. The number of fused-ring (bicyclic) bond motifs is 1. The van der Waals surface area contributed by atoms with Crippen molar-refractivity contribution in [2.45, 2.75) is 25.9 Å². The first-order valence-electron chi connectivity index (χ1n) is 8.97. The molecule has 0 amide bonds. The average molecular weight is 422 g/mol. The summed E-state index contributed by atoms with van der Waals surface area (Å²) in [5.74, 6) is 1.07. The Kier molecular flexibility index (Phi) is 6.53. The fraction of sp³-hybridized carbons (Fsp3) is 0.273. The summed E-state index contributed by atoms with van der Waals surface area (Å²) < 4.78 is 25.3. The van der Waals surface area contributed by atoms with Gasteiger partial charge < -0.3 is 14.8 Å². The fourth-order valence-electron chi connectivity index (χ4n) is 3.13. The Bertz CT molecular complexity index is 907. The molecule has 0 radical (unpaired) electrons. The maximum atomic E-state index is 14.2. The molecular weight excluding hydrogens is 400 g/mol. The zero-order valence-corrected chi connectivity index (χ0v) is 17.3. The lowest BCUT2D eigenvalue weighted by molar-refractivity contribution is 0.184. The van der Waals surface area contributed by atoms with Crippen molar-refractivity contribution in [3.8, 4) is 5.75 Å². The van der Waals surface area contributed by atoms with Crippen LogP contribution in [0.1, 0.15) is 30.9 Å². The topological polar surface area (TPSA) is 30.5 Å². The lowest BCUT2D eigenvalue weighted by Gasteiger charge is -2.28. The van der Waals surface area contributed by atoms with Gasteiger partial charge in [0.15, 0.2) is 0 Å². The van der Waals surface area contributed by atoms with E-state index in [2.05, 4.69) is 11.9 Å². The summed E-state index contributed by atoms with van der Waals surface area (Å²) in [5, 5.41) is 4.26. The minimum absolute atomic E-state index is 0.0100. The van der Waals surface area contributed by atoms with Gasteiger partial charge in [-0.15, -0.1) is 0 Å². The standard InChI is InChI=1S/C22H22Cl2FNO2/c1-13(22-17(23)5-4-6-19(22)25)9-15-10-20-21(11-18(15)24)28-16(12-26-20)8-7-14(2)27-3/h4-6,9-11,16,26H,2,7-8,12H2,1,3H3/b13-9+/t16-/m0/s1. The molecule has 1 aliphatic rings. The van der Waals surface area contributed by atoms with Crippen molar-refractivity contribution in [2.24, 2.45) is 0 Å². The third-order valence-corrected chi connectivity index (χ3v) is 5.32. The third kappa shape index (κ3) is 4.62. The molecule has 0 bridgehead atoms. The maximum Gasteiger partial charge on any atom is 0.144 e. The first kappa shape index (κ1) is 20.6. The molecule has 3 rings (SSSR count). The molecule has 0 spiro atoms. The van der Waals surface area contributed by atoms with Crippen LogP contribution in [-0.2, 0) is 4.74 Å². The molecule has 1 atom stereocenters. The van der Waals surface area contributed by atoms with Crippen molar-refractivity contribution >= 4 is 40.5 Å². The summed E-state index contributed by atoms with van der Waals surface area (Å²) in [6.45, 7) is 6.31. The summed E-state index contributed by atoms with van der Waals surface area (Å²) in [6, 6.07) is 8.32. The van der Waals surface area contributed by atoms with Crippen molar-refractivity contribution in [3.05, 3.63) is 69.7 Å². The van der Waals surface area contributed by atoms with Gasteiger partial charge in [-0.25, -0.2) is 4.39 Å². The molecule has 6 heteroatoms. The van der Waals surface area contributed by atoms with E-state index >= 15 is 0 Å². The molecule has 0 unspecified atom stereocenters. The van der Waals surface area contributed by atoms with E-state index in [1.165, 1.54) is 6.07 Å². The monoisotopic (exact) mass is 421 g/mol. The van der Waals surface area contributed by atoms with Gasteiger partial charge in [-0.1, -0.05) is 35.8 Å². The largest absolute Gasteiger partial charge is 0.502 e. The van der Waals surface area contributed by atoms with E-state index in [1.54, 1.807) is 25.3 Å². The lowest BCUT2D eigenvalue weighted by atomic mass is 10.0. The van der Waals surface area contributed by atoms with Gasteiger partial charge in [0.1, 0.15) is 17.7 Å². The molecule has 2 aromatic carbocycles. The summed E-state index contributed by atoms with van der Waals surface area (Å²) >= 11 is 12.6. The molecule has 0 saturated heterocycles. The van der Waals surface area contributed by atoms with Crippen molar-refractivity contribution < 1.29 is 13.9 Å². The van der Waals surface area contributed by atoms with E-state index < -0.39 is 0 Å². The fourth-order valence-corrected chi connectivity index (χ4v) is 3.65. The number of halogens is 3. The second-order valence-electron chi connectivity index (χ2n) is 6.70. The molecule has 1 N–H and O–H groups in total. The highest BCUT2D eigenvalue weighted by atomic mass is 35.5. The number of anilines is 1. The minimum atomic E-state index is -0.364. The van der Waals surface area contributed by atoms with E-state index in [-0.39, 0.29) is 11.9 Å². The smallest absolute Gasteiger partial charge is 0.144 e. The summed E-state index contributed by atoms with van der Waals surface area (Å²) in [7, 11) is 1.61. The number of allylic oxidation sites excluding steroid dienone is 2. The van der Waals surface area contributed by atoms with Crippen molar-refractivity contribution in [2.75, 3.05) is 19.0 Å². The number of hydrogen-bond acceptors (Lipinski definition) is 3. The predicted molar refractivity (Wildman–Crippen MR) is 115 cm³/mol. The Labute approximate surface area is 174 Å². The zero-order valence-electron chi connectivity index (χ0n) is 15.8. The SMILES string of the molecule is C=C(CC[C@H]1CNc2cc(/C=C(\C)c3c(F)cccc3Cl)c(Cl)cc2O1)OC. The number of methoxy groups -OCH3 is 1. The first-order chi connectivity index (χ1) is 13.4. The van der Waals surface area contributed by atoms with Gasteiger partial charge in [0.2, 0.25) is 0 Å². The van der Waals surface area contributed by atoms with Crippen LogP contribution in [0.5, 0.6) is 5.75 Å². The van der Waals surface area contributed by atoms with E-state index in [1.807, 2.05) is 19.1 Å². The predicted octanol–water partition coefficient (Wildman–Crippen LogP) is 6.81. The normalized spacial score (nSPS) is 16.0. The van der Waals surface area contributed by atoms with Crippen LogP contribution in [0, 0.1) is 5.82 Å². The van der Waals surface area contributed by atoms with Crippen LogP contribution in [-0.4, -0.2) is 19.8 Å². The third-order valence-electron chi connectivity index (χ3n) is 4.68. The molecule has 1 heterocycles. The van der Waals surface area contributed by atoms with Crippen molar-refractivity contribution in [1.82, 2.24) is 0 Å². The molecule has 1 aliphatic heterocycles. The number of nitrogens with one attached hydrogen (secondary N) is 1. The quantitative estimate of drug-likeness (QED) is 0.410. The highest BCUT2D eigenvalue weighted by molar-refractivity contribution is 6.33. The van der Waals surface area contributed by atoms with E-state index in [9.17, 15) is 4.39 Å². The van der Waals surface area contributed by atoms with Crippen LogP contribution in [0.4, 0.5) is 10.1 Å². The van der Waals surface area contributed by atoms with Crippen LogP contribution in [0.15, 0.2) is 42.7 Å². The van der Waals surface area contributed by atoms with Crippen LogP contribution in [0.25, 0.3) is 11.6 Å². The summed E-state index contributed by atoms with van der Waals surface area (Å²) in [4.78, 5) is 0. The molecule has 0 aromatic heterocycles.